The Morgan fingerprint density at radius 2 is 2.28 bits per heavy atom. The average molecular weight is 272 g/mol. The molecule has 0 bridgehead atoms. The van der Waals surface area contributed by atoms with Gasteiger partial charge in [0.15, 0.2) is 11.6 Å². The Kier molecular flexibility index (Phi) is 4.40. The molecule has 1 aliphatic heterocycles. The molecule has 0 saturated carbocycles. The summed E-state index contributed by atoms with van der Waals surface area (Å²) in [5, 5.41) is 0.344. The van der Waals surface area contributed by atoms with Gasteiger partial charge in [0.25, 0.3) is 0 Å². The topological polar surface area (TPSA) is 19.4 Å². The van der Waals surface area contributed by atoms with E-state index in [0.29, 0.717) is 16.9 Å². The van der Waals surface area contributed by atoms with Crippen LogP contribution in [-0.2, 0) is 0 Å². The second-order valence-electron chi connectivity index (χ2n) is 4.83. The minimum absolute atomic E-state index is 0.306. The highest BCUT2D eigenvalue weighted by atomic mass is 35.5. The van der Waals surface area contributed by atoms with E-state index >= 15 is 0 Å². The van der Waals surface area contributed by atoms with E-state index in [0.717, 1.165) is 32.5 Å². The summed E-state index contributed by atoms with van der Waals surface area (Å²) in [5.41, 5.74) is 0. The van der Waals surface area contributed by atoms with Gasteiger partial charge < -0.3 is 9.80 Å². The maximum absolute atomic E-state index is 14.0. The number of hydrogen-bond donors (Lipinski definition) is 0. The molecule has 0 radical (unpaired) electrons. The molecule has 5 heteroatoms. The van der Waals surface area contributed by atoms with Gasteiger partial charge in [0.2, 0.25) is 0 Å². The quantitative estimate of drug-likeness (QED) is 0.825. The molecular weight excluding hydrogens is 253 g/mol. The van der Waals surface area contributed by atoms with E-state index in [1.165, 1.54) is 12.3 Å². The second kappa shape index (κ2) is 5.85. The normalized spacial score (nSPS) is 22.0. The van der Waals surface area contributed by atoms with E-state index in [9.17, 15) is 4.39 Å². The van der Waals surface area contributed by atoms with Gasteiger partial charge in [0, 0.05) is 25.3 Å². The third-order valence-corrected chi connectivity index (χ3v) is 3.64. The molecule has 1 atom stereocenters. The molecule has 0 aliphatic carbocycles. The van der Waals surface area contributed by atoms with Crippen LogP contribution in [-0.4, -0.2) is 42.6 Å². The molecule has 1 fully saturated rings. The molecule has 0 amide bonds. The van der Waals surface area contributed by atoms with Crippen molar-refractivity contribution in [2.24, 2.45) is 0 Å². The number of likely N-dealkylation sites (N-methyl/N-ethyl adjacent to an activating group) is 1. The van der Waals surface area contributed by atoms with Gasteiger partial charge in [-0.2, -0.15) is 0 Å². The summed E-state index contributed by atoms with van der Waals surface area (Å²) in [5.74, 6) is 0.104. The third kappa shape index (κ3) is 2.93. The fourth-order valence-electron chi connectivity index (χ4n) is 2.49. The summed E-state index contributed by atoms with van der Waals surface area (Å²) in [6.45, 7) is 4.96. The van der Waals surface area contributed by atoms with Gasteiger partial charge >= 0.3 is 0 Å². The van der Waals surface area contributed by atoms with E-state index < -0.39 is 0 Å². The first kappa shape index (κ1) is 13.6. The first-order valence-electron chi connectivity index (χ1n) is 6.38. The lowest BCUT2D eigenvalue weighted by molar-refractivity contribution is 0.327. The molecule has 0 N–H and O–H groups in total. The minimum Gasteiger partial charge on any atom is -0.350 e. The molecule has 1 aliphatic rings. The number of hydrogen-bond acceptors (Lipinski definition) is 3. The molecule has 1 unspecified atom stereocenters. The van der Waals surface area contributed by atoms with Gasteiger partial charge in [0.05, 0.1) is 5.02 Å². The van der Waals surface area contributed by atoms with Crippen LogP contribution in [0.1, 0.15) is 19.8 Å². The van der Waals surface area contributed by atoms with Gasteiger partial charge in [-0.3, -0.25) is 0 Å². The van der Waals surface area contributed by atoms with Crippen LogP contribution in [0.2, 0.25) is 5.02 Å². The van der Waals surface area contributed by atoms with Crippen LogP contribution >= 0.6 is 11.6 Å². The number of aromatic nitrogens is 1. The number of rotatable bonds is 2. The predicted molar refractivity (Wildman–Crippen MR) is 72.7 cm³/mol. The zero-order valence-electron chi connectivity index (χ0n) is 10.9. The lowest BCUT2D eigenvalue weighted by atomic mass is 10.2. The number of anilines is 1. The van der Waals surface area contributed by atoms with Crippen molar-refractivity contribution in [1.82, 2.24) is 9.88 Å². The maximum atomic E-state index is 14.0. The van der Waals surface area contributed by atoms with Crippen LogP contribution in [0, 0.1) is 5.82 Å². The smallest absolute Gasteiger partial charge is 0.167 e. The minimum atomic E-state index is -0.328. The Bertz CT molecular complexity index is 413. The van der Waals surface area contributed by atoms with E-state index in [4.69, 9.17) is 11.6 Å². The van der Waals surface area contributed by atoms with Crippen molar-refractivity contribution in [1.29, 1.82) is 0 Å². The van der Waals surface area contributed by atoms with E-state index in [1.54, 1.807) is 0 Å². The first-order chi connectivity index (χ1) is 8.61. The molecule has 1 aromatic heterocycles. The monoisotopic (exact) mass is 271 g/mol. The Balaban J connectivity index is 2.28. The van der Waals surface area contributed by atoms with Crippen LogP contribution in [0.4, 0.5) is 10.2 Å². The highest BCUT2D eigenvalue weighted by Gasteiger charge is 2.25. The Morgan fingerprint density at radius 1 is 1.50 bits per heavy atom. The van der Waals surface area contributed by atoms with E-state index in [1.807, 2.05) is 0 Å². The highest BCUT2D eigenvalue weighted by molar-refractivity contribution is 6.30. The van der Waals surface area contributed by atoms with Crippen molar-refractivity contribution in [2.75, 3.05) is 31.6 Å². The van der Waals surface area contributed by atoms with Crippen molar-refractivity contribution >= 4 is 17.4 Å². The lowest BCUT2D eigenvalue weighted by Gasteiger charge is -2.31. The van der Waals surface area contributed by atoms with E-state index in [2.05, 4.69) is 28.8 Å². The molecule has 2 rings (SSSR count). The van der Waals surface area contributed by atoms with Crippen molar-refractivity contribution in [3.05, 3.63) is 23.1 Å². The number of halogens is 2. The standard InChI is InChI=1S/C13H19ClFN3/c1-3-11-9-17(2)5-4-6-18(11)13-12(15)7-10(14)8-16-13/h7-8,11H,3-6,9H2,1-2H3. The summed E-state index contributed by atoms with van der Waals surface area (Å²) in [6, 6.07) is 1.64. The van der Waals surface area contributed by atoms with Gasteiger partial charge in [-0.1, -0.05) is 18.5 Å². The molecular formula is C13H19ClFN3. The zero-order valence-corrected chi connectivity index (χ0v) is 11.6. The van der Waals surface area contributed by atoms with Crippen LogP contribution in [0.3, 0.4) is 0 Å². The molecule has 1 saturated heterocycles. The summed E-state index contributed by atoms with van der Waals surface area (Å²) < 4.78 is 14.0. The largest absolute Gasteiger partial charge is 0.350 e. The van der Waals surface area contributed by atoms with Gasteiger partial charge in [0.1, 0.15) is 0 Å². The Labute approximate surface area is 113 Å². The molecule has 18 heavy (non-hydrogen) atoms. The molecule has 1 aromatic rings. The van der Waals surface area contributed by atoms with Crippen LogP contribution in [0.25, 0.3) is 0 Å². The number of pyridine rings is 1. The SMILES string of the molecule is CCC1CN(C)CCCN1c1ncc(Cl)cc1F. The van der Waals surface area contributed by atoms with Crippen molar-refractivity contribution in [3.63, 3.8) is 0 Å². The molecule has 0 aromatic carbocycles. The Morgan fingerprint density at radius 3 is 2.94 bits per heavy atom. The predicted octanol–water partition coefficient (Wildman–Crippen LogP) is 2.79. The third-order valence-electron chi connectivity index (χ3n) is 3.43. The first-order valence-corrected chi connectivity index (χ1v) is 6.76. The molecule has 2 heterocycles. The average Bonchev–Trinajstić information content (AvgIpc) is 2.51. The van der Waals surface area contributed by atoms with Gasteiger partial charge in [-0.15, -0.1) is 0 Å². The lowest BCUT2D eigenvalue weighted by Crippen LogP contribution is -2.40. The van der Waals surface area contributed by atoms with E-state index in [-0.39, 0.29) is 5.82 Å². The van der Waals surface area contributed by atoms with Crippen LogP contribution < -0.4 is 4.90 Å². The van der Waals surface area contributed by atoms with Gasteiger partial charge in [-0.05, 0) is 32.5 Å². The van der Waals surface area contributed by atoms with Crippen LogP contribution in [0.5, 0.6) is 0 Å². The molecule has 0 spiro atoms. The van der Waals surface area contributed by atoms with Gasteiger partial charge in [-0.25, -0.2) is 9.37 Å². The fraction of sp³-hybridized carbons (Fsp3) is 0.615. The molecule has 3 nitrogen and oxygen atoms in total. The van der Waals surface area contributed by atoms with Crippen molar-refractivity contribution in [2.45, 2.75) is 25.8 Å². The number of nitrogens with zero attached hydrogens (tertiary/aromatic N) is 3. The summed E-state index contributed by atoms with van der Waals surface area (Å²) in [6.07, 6.45) is 3.52. The summed E-state index contributed by atoms with van der Waals surface area (Å²) in [4.78, 5) is 8.54. The maximum Gasteiger partial charge on any atom is 0.167 e. The Hall–Kier alpha value is -0.870. The molecule has 100 valence electrons. The van der Waals surface area contributed by atoms with Crippen molar-refractivity contribution < 1.29 is 4.39 Å². The second-order valence-corrected chi connectivity index (χ2v) is 5.27. The highest BCUT2D eigenvalue weighted by Crippen LogP contribution is 2.24. The fourth-order valence-corrected chi connectivity index (χ4v) is 2.63. The van der Waals surface area contributed by atoms with Crippen molar-refractivity contribution in [3.8, 4) is 0 Å². The zero-order chi connectivity index (χ0) is 13.1. The summed E-state index contributed by atoms with van der Waals surface area (Å²) >= 11 is 5.75. The summed E-state index contributed by atoms with van der Waals surface area (Å²) in [7, 11) is 2.11. The van der Waals surface area contributed by atoms with Crippen LogP contribution in [0.15, 0.2) is 12.3 Å².